The van der Waals surface area contributed by atoms with Crippen molar-refractivity contribution in [3.8, 4) is 5.88 Å². The first-order chi connectivity index (χ1) is 15.5. The molecule has 4 N–H and O–H groups in total. The largest absolute Gasteiger partial charge is 0.417 e. The molecule has 1 aliphatic heterocycles. The normalized spacial score (nSPS) is 27.2. The maximum Gasteiger partial charge on any atom is 0.388 e. The number of hydrogen-bond donors (Lipinski definition) is 4. The lowest BCUT2D eigenvalue weighted by Crippen LogP contribution is -2.66. The first kappa shape index (κ1) is 23.2. The Balaban J connectivity index is 1.52. The van der Waals surface area contributed by atoms with Crippen LogP contribution in [0.3, 0.4) is 0 Å². The molecule has 0 spiro atoms. The van der Waals surface area contributed by atoms with Crippen LogP contribution in [0.1, 0.15) is 38.7 Å². The van der Waals surface area contributed by atoms with Gasteiger partial charge < -0.3 is 20.5 Å². The summed E-state index contributed by atoms with van der Waals surface area (Å²) in [6.45, 7) is 0.559. The number of halogens is 3. The molecule has 4 rings (SSSR count). The summed E-state index contributed by atoms with van der Waals surface area (Å²) in [6, 6.07) is 7.91. The molecule has 2 fully saturated rings. The molecule has 0 bridgehead atoms. The number of ether oxygens (including phenoxy) is 1. The summed E-state index contributed by atoms with van der Waals surface area (Å²) in [7, 11) is 0. The highest BCUT2D eigenvalue weighted by Gasteiger charge is 2.49. The predicted molar refractivity (Wildman–Crippen MR) is 119 cm³/mol. The van der Waals surface area contributed by atoms with Crippen molar-refractivity contribution in [1.82, 2.24) is 15.2 Å². The third kappa shape index (κ3) is 4.72. The number of alkyl halides is 2. The number of hydrogen-bond acceptors (Lipinski definition) is 6. The number of nitrogens with one attached hydrogen (secondary N) is 3. The monoisotopic (exact) mass is 479 g/mol. The van der Waals surface area contributed by atoms with Crippen molar-refractivity contribution in [2.45, 2.75) is 56.9 Å². The van der Waals surface area contributed by atoms with E-state index in [-0.39, 0.29) is 30.2 Å². The molecule has 33 heavy (non-hydrogen) atoms. The van der Waals surface area contributed by atoms with E-state index in [1.807, 2.05) is 0 Å². The summed E-state index contributed by atoms with van der Waals surface area (Å²) in [6.07, 6.45) is 2.27. The number of benzene rings is 1. The van der Waals surface area contributed by atoms with Crippen molar-refractivity contribution in [3.63, 3.8) is 0 Å². The van der Waals surface area contributed by atoms with Gasteiger partial charge in [0.2, 0.25) is 11.8 Å². The second kappa shape index (κ2) is 8.42. The smallest absolute Gasteiger partial charge is 0.388 e. The minimum atomic E-state index is -2.96. The third-order valence-electron chi connectivity index (χ3n) is 5.94. The van der Waals surface area contributed by atoms with Gasteiger partial charge in [-0.1, -0.05) is 23.7 Å². The van der Waals surface area contributed by atoms with E-state index in [9.17, 15) is 18.7 Å². The Morgan fingerprint density at radius 1 is 1.33 bits per heavy atom. The number of carbonyl (C=O) groups is 1. The summed E-state index contributed by atoms with van der Waals surface area (Å²) in [5.74, 6) is -0.443. The van der Waals surface area contributed by atoms with E-state index in [0.29, 0.717) is 34.8 Å². The maximum absolute atomic E-state index is 13.0. The molecule has 8 nitrogen and oxygen atoms in total. The lowest BCUT2D eigenvalue weighted by Gasteiger charge is -2.50. The van der Waals surface area contributed by atoms with Gasteiger partial charge in [-0.05, 0) is 44.4 Å². The zero-order chi connectivity index (χ0) is 24.0. The van der Waals surface area contributed by atoms with Gasteiger partial charge in [0.05, 0.1) is 40.2 Å². The number of carbonyl (C=O) groups excluding carboxylic acids is 1. The predicted octanol–water partition coefficient (Wildman–Crippen LogP) is 3.97. The Morgan fingerprint density at radius 3 is 2.64 bits per heavy atom. The first-order valence-electron chi connectivity index (χ1n) is 10.4. The topological polar surface area (TPSA) is 111 Å². The molecule has 1 aromatic carbocycles. The molecular formula is C22H24ClF2N5O3. The minimum Gasteiger partial charge on any atom is -0.417 e. The van der Waals surface area contributed by atoms with Gasteiger partial charge in [-0.3, -0.25) is 15.1 Å². The van der Waals surface area contributed by atoms with Crippen molar-refractivity contribution in [1.29, 1.82) is 5.41 Å². The van der Waals surface area contributed by atoms with Crippen LogP contribution in [-0.2, 0) is 10.3 Å². The standard InChI is InChI=1S/C22H24ClF2N5O3/c1-21(32)8-13(9-21)30-17(31)10-22(2,29-20(30)26)14-4-3-5-15(18(14)23)28-12-6-7-16(27-11-12)33-19(24)25/h3-7,11,13,19,28,32H,8-10H2,1-2H3,(H2,26,29)/t13?,21?,22-/m0/s1. The molecule has 2 heterocycles. The lowest BCUT2D eigenvalue weighted by atomic mass is 9.75. The fraction of sp³-hybridized carbons (Fsp3) is 0.409. The van der Waals surface area contributed by atoms with E-state index in [0.717, 1.165) is 0 Å². The van der Waals surface area contributed by atoms with Crippen molar-refractivity contribution < 1.29 is 23.4 Å². The molecule has 0 unspecified atom stereocenters. The fourth-order valence-electron chi connectivity index (χ4n) is 4.39. The molecule has 1 saturated heterocycles. The SMILES string of the molecule is CC1(O)CC(N2C(=N)N[C@](C)(c3cccc(Nc4ccc(OC(F)F)nc4)c3Cl)CC2=O)C1. The van der Waals surface area contributed by atoms with Crippen molar-refractivity contribution in [2.24, 2.45) is 0 Å². The molecule has 1 amide bonds. The van der Waals surface area contributed by atoms with E-state index in [4.69, 9.17) is 17.0 Å². The van der Waals surface area contributed by atoms with Crippen molar-refractivity contribution in [3.05, 3.63) is 47.1 Å². The van der Waals surface area contributed by atoms with Gasteiger partial charge in [0.1, 0.15) is 0 Å². The van der Waals surface area contributed by atoms with E-state index >= 15 is 0 Å². The van der Waals surface area contributed by atoms with Gasteiger partial charge in [0, 0.05) is 12.1 Å². The zero-order valence-corrected chi connectivity index (χ0v) is 18.8. The van der Waals surface area contributed by atoms with Crippen molar-refractivity contribution >= 4 is 34.8 Å². The van der Waals surface area contributed by atoms with E-state index < -0.39 is 17.8 Å². The van der Waals surface area contributed by atoms with Gasteiger partial charge in [0.25, 0.3) is 0 Å². The second-order valence-electron chi connectivity index (χ2n) is 8.86. The van der Waals surface area contributed by atoms with Crippen LogP contribution in [0.4, 0.5) is 20.2 Å². The maximum atomic E-state index is 13.0. The number of pyridine rings is 1. The Bertz CT molecular complexity index is 1050. The molecule has 1 atom stereocenters. The zero-order valence-electron chi connectivity index (χ0n) is 18.0. The number of rotatable bonds is 6. The Labute approximate surface area is 194 Å². The minimum absolute atomic E-state index is 0.0255. The third-order valence-corrected chi connectivity index (χ3v) is 6.35. The Morgan fingerprint density at radius 2 is 2.06 bits per heavy atom. The molecule has 0 radical (unpaired) electrons. The number of amides is 1. The fourth-order valence-corrected chi connectivity index (χ4v) is 4.77. The van der Waals surface area contributed by atoms with Crippen LogP contribution < -0.4 is 15.4 Å². The Hall–Kier alpha value is -2.98. The summed E-state index contributed by atoms with van der Waals surface area (Å²) in [5.41, 5.74) is -0.0760. The summed E-state index contributed by atoms with van der Waals surface area (Å²) in [5, 5.41) is 25.0. The molecular weight excluding hydrogens is 456 g/mol. The summed E-state index contributed by atoms with van der Waals surface area (Å²) >= 11 is 6.68. The number of anilines is 2. The van der Waals surface area contributed by atoms with E-state index in [1.165, 1.54) is 23.2 Å². The number of nitrogens with zero attached hydrogens (tertiary/aromatic N) is 2. The van der Waals surface area contributed by atoms with Crippen LogP contribution in [0.25, 0.3) is 0 Å². The van der Waals surface area contributed by atoms with Gasteiger partial charge in [0.15, 0.2) is 5.96 Å². The summed E-state index contributed by atoms with van der Waals surface area (Å²) < 4.78 is 28.9. The number of aromatic nitrogens is 1. The number of aliphatic hydroxyl groups is 1. The molecule has 176 valence electrons. The summed E-state index contributed by atoms with van der Waals surface area (Å²) in [4.78, 5) is 18.2. The van der Waals surface area contributed by atoms with Gasteiger partial charge >= 0.3 is 6.61 Å². The van der Waals surface area contributed by atoms with Crippen LogP contribution in [0.5, 0.6) is 5.88 Å². The average molecular weight is 480 g/mol. The number of guanidine groups is 1. The first-order valence-corrected chi connectivity index (χ1v) is 10.7. The van der Waals surface area contributed by atoms with Crippen molar-refractivity contribution in [2.75, 3.05) is 5.32 Å². The molecule has 1 aromatic heterocycles. The quantitative estimate of drug-likeness (QED) is 0.499. The second-order valence-corrected chi connectivity index (χ2v) is 9.24. The highest BCUT2D eigenvalue weighted by atomic mass is 35.5. The van der Waals surface area contributed by atoms with E-state index in [2.05, 4.69) is 20.4 Å². The molecule has 2 aromatic rings. The molecule has 1 saturated carbocycles. The highest BCUT2D eigenvalue weighted by Crippen LogP contribution is 2.41. The van der Waals surface area contributed by atoms with E-state index in [1.54, 1.807) is 32.0 Å². The molecule has 2 aliphatic rings. The van der Waals surface area contributed by atoms with Gasteiger partial charge in [-0.2, -0.15) is 8.78 Å². The molecule has 1 aliphatic carbocycles. The average Bonchev–Trinajstić information content (AvgIpc) is 2.68. The van der Waals surface area contributed by atoms with Gasteiger partial charge in [-0.15, -0.1) is 0 Å². The highest BCUT2D eigenvalue weighted by molar-refractivity contribution is 6.34. The Kier molecular flexibility index (Phi) is 5.92. The van der Waals surface area contributed by atoms with Gasteiger partial charge in [-0.25, -0.2) is 4.98 Å². The molecule has 11 heteroatoms. The van der Waals surface area contributed by atoms with Crippen LogP contribution >= 0.6 is 11.6 Å². The van der Waals surface area contributed by atoms with Crippen LogP contribution in [0.2, 0.25) is 5.02 Å². The van der Waals surface area contributed by atoms with Crippen LogP contribution in [0.15, 0.2) is 36.5 Å². The van der Waals surface area contributed by atoms with Crippen LogP contribution in [-0.4, -0.2) is 45.1 Å². The van der Waals surface area contributed by atoms with Crippen LogP contribution in [0, 0.1) is 5.41 Å². The lowest BCUT2D eigenvalue weighted by molar-refractivity contribution is -0.140.